The molecule has 0 radical (unpaired) electrons. The highest BCUT2D eigenvalue weighted by molar-refractivity contribution is 5.81. The molecule has 0 amide bonds. The molecule has 2 aliphatic heterocycles. The maximum absolute atomic E-state index is 13.2. The maximum atomic E-state index is 13.2. The smallest absolute Gasteiger partial charge is 0.267 e. The summed E-state index contributed by atoms with van der Waals surface area (Å²) in [5.74, 6) is 6.83. The van der Waals surface area contributed by atoms with E-state index >= 15 is 0 Å². The van der Waals surface area contributed by atoms with Gasteiger partial charge < -0.3 is 21.1 Å². The quantitative estimate of drug-likeness (QED) is 0.467. The Morgan fingerprint density at radius 3 is 2.78 bits per heavy atom. The third-order valence-corrected chi connectivity index (χ3v) is 6.82. The van der Waals surface area contributed by atoms with Crippen molar-refractivity contribution in [2.45, 2.75) is 31.9 Å². The van der Waals surface area contributed by atoms with Gasteiger partial charge in [0.15, 0.2) is 5.65 Å². The molecule has 0 saturated carbocycles. The first kappa shape index (κ1) is 20.5. The molecular formula is C22H26N8O2. The second-order valence-corrected chi connectivity index (χ2v) is 8.65. The minimum absolute atomic E-state index is 0.00210. The molecule has 0 aliphatic carbocycles. The molecule has 32 heavy (non-hydrogen) atoms. The van der Waals surface area contributed by atoms with Crippen molar-refractivity contribution in [3.05, 3.63) is 39.9 Å². The fourth-order valence-corrected chi connectivity index (χ4v) is 4.70. The number of nitrogens with zero attached hydrogens (tertiary/aromatic N) is 5. The van der Waals surface area contributed by atoms with Crippen molar-refractivity contribution in [2.24, 2.45) is 18.2 Å². The van der Waals surface area contributed by atoms with Gasteiger partial charge in [0.2, 0.25) is 5.95 Å². The van der Waals surface area contributed by atoms with Crippen LogP contribution >= 0.6 is 0 Å². The van der Waals surface area contributed by atoms with Crippen molar-refractivity contribution in [1.82, 2.24) is 24.7 Å². The lowest BCUT2D eigenvalue weighted by Crippen LogP contribution is -2.51. The number of nitrogen functional groups attached to an aromatic ring is 1. The Labute approximate surface area is 185 Å². The van der Waals surface area contributed by atoms with Gasteiger partial charge in [-0.1, -0.05) is 5.92 Å². The first-order valence-electron chi connectivity index (χ1n) is 10.7. The molecule has 2 saturated heterocycles. The van der Waals surface area contributed by atoms with E-state index in [0.29, 0.717) is 40.7 Å². The second kappa shape index (κ2) is 7.62. The number of hydrogen-bond donors (Lipinski definition) is 3. The van der Waals surface area contributed by atoms with Gasteiger partial charge >= 0.3 is 0 Å². The molecule has 1 spiro atoms. The zero-order valence-corrected chi connectivity index (χ0v) is 18.1. The molecular weight excluding hydrogens is 408 g/mol. The van der Waals surface area contributed by atoms with Gasteiger partial charge in [0.05, 0.1) is 18.3 Å². The van der Waals surface area contributed by atoms with E-state index in [4.69, 9.17) is 16.2 Å². The third kappa shape index (κ3) is 3.21. The van der Waals surface area contributed by atoms with Gasteiger partial charge in [0.25, 0.3) is 5.56 Å². The van der Waals surface area contributed by atoms with Crippen LogP contribution in [0.3, 0.4) is 0 Å². The van der Waals surface area contributed by atoms with Crippen LogP contribution in [0.5, 0.6) is 0 Å². The van der Waals surface area contributed by atoms with Crippen LogP contribution in [0, 0.1) is 17.3 Å². The van der Waals surface area contributed by atoms with E-state index in [1.165, 1.54) is 0 Å². The van der Waals surface area contributed by atoms with Gasteiger partial charge in [-0.2, -0.15) is 10.1 Å². The number of anilines is 2. The molecule has 2 fully saturated rings. The number of aromatic amines is 1. The number of hydrogen-bond acceptors (Lipinski definition) is 8. The summed E-state index contributed by atoms with van der Waals surface area (Å²) in [6.45, 7) is 4.24. The summed E-state index contributed by atoms with van der Waals surface area (Å²) in [7, 11) is 1.73. The summed E-state index contributed by atoms with van der Waals surface area (Å²) in [5, 5.41) is 7.44. The molecule has 3 aromatic rings. The van der Waals surface area contributed by atoms with Gasteiger partial charge in [0, 0.05) is 37.8 Å². The summed E-state index contributed by atoms with van der Waals surface area (Å²) in [6, 6.07) is 3.56. The lowest BCUT2D eigenvalue weighted by molar-refractivity contribution is 0.0973. The summed E-state index contributed by atoms with van der Waals surface area (Å²) in [4.78, 5) is 24.0. The van der Waals surface area contributed by atoms with E-state index in [0.717, 1.165) is 25.9 Å². The van der Waals surface area contributed by atoms with Crippen molar-refractivity contribution in [1.29, 1.82) is 0 Å². The zero-order chi connectivity index (χ0) is 22.5. The topological polar surface area (TPSA) is 141 Å². The second-order valence-electron chi connectivity index (χ2n) is 8.65. The van der Waals surface area contributed by atoms with Crippen LogP contribution in [-0.2, 0) is 11.8 Å². The summed E-state index contributed by atoms with van der Waals surface area (Å²) >= 11 is 0. The number of fused-ring (bicyclic) bond motifs is 1. The van der Waals surface area contributed by atoms with Crippen LogP contribution in [0.1, 0.15) is 31.0 Å². The number of rotatable bonds is 1. The van der Waals surface area contributed by atoms with Crippen LogP contribution in [0.15, 0.2) is 23.1 Å². The SMILES string of the molecule is C[C@@H]1OCC2(CCN(c3nc4n[nH]c(C#Cc5cccnc5N)c4c(=O)n3C)CC2)[C@@H]1N. The predicted molar refractivity (Wildman–Crippen MR) is 121 cm³/mol. The normalized spacial score (nSPS) is 22.3. The van der Waals surface area contributed by atoms with Crippen molar-refractivity contribution in [3.8, 4) is 11.8 Å². The minimum Gasteiger partial charge on any atom is -0.383 e. The summed E-state index contributed by atoms with van der Waals surface area (Å²) in [6.07, 6.45) is 3.47. The van der Waals surface area contributed by atoms with Crippen molar-refractivity contribution < 1.29 is 4.74 Å². The highest BCUT2D eigenvalue weighted by atomic mass is 16.5. The lowest BCUT2D eigenvalue weighted by Gasteiger charge is -2.41. The summed E-state index contributed by atoms with van der Waals surface area (Å²) < 4.78 is 7.37. The van der Waals surface area contributed by atoms with Crippen LogP contribution in [0.2, 0.25) is 0 Å². The lowest BCUT2D eigenvalue weighted by atomic mass is 9.73. The first-order valence-corrected chi connectivity index (χ1v) is 10.7. The van der Waals surface area contributed by atoms with Crippen LogP contribution in [-0.4, -0.2) is 56.6 Å². The van der Waals surface area contributed by atoms with Gasteiger partial charge in [-0.15, -0.1) is 0 Å². The number of pyridine rings is 1. The van der Waals surface area contributed by atoms with Crippen molar-refractivity contribution >= 4 is 22.8 Å². The summed E-state index contributed by atoms with van der Waals surface area (Å²) in [5.41, 5.74) is 13.4. The van der Waals surface area contributed by atoms with E-state index in [1.54, 1.807) is 29.9 Å². The van der Waals surface area contributed by atoms with Crippen LogP contribution in [0.4, 0.5) is 11.8 Å². The fraction of sp³-hybridized carbons (Fsp3) is 0.455. The Kier molecular flexibility index (Phi) is 4.87. The molecule has 166 valence electrons. The largest absolute Gasteiger partial charge is 0.383 e. The number of piperidine rings is 1. The highest BCUT2D eigenvalue weighted by Gasteiger charge is 2.47. The molecule has 0 bridgehead atoms. The van der Waals surface area contributed by atoms with E-state index < -0.39 is 0 Å². The van der Waals surface area contributed by atoms with Crippen molar-refractivity contribution in [2.75, 3.05) is 30.3 Å². The average molecular weight is 435 g/mol. The van der Waals surface area contributed by atoms with Crippen LogP contribution < -0.4 is 21.9 Å². The maximum Gasteiger partial charge on any atom is 0.267 e. The Bertz CT molecular complexity index is 1290. The standard InChI is InChI=1S/C22H26N8O2/c1-13-17(23)22(12-32-13)7-10-30(11-8-22)21-26-19-16(20(31)29(21)2)15(27-28-19)6-5-14-4-3-9-25-18(14)24/h3-4,9,13,17H,7-8,10-12,23H2,1-2H3,(H2,24,25)(H,27,28)/t13-,17+/m0/s1. The number of ether oxygens (including phenoxy) is 1. The number of H-pyrrole nitrogens is 1. The number of nitrogens with one attached hydrogen (secondary N) is 1. The van der Waals surface area contributed by atoms with Crippen LogP contribution in [0.25, 0.3) is 11.0 Å². The Morgan fingerprint density at radius 1 is 1.31 bits per heavy atom. The fourth-order valence-electron chi connectivity index (χ4n) is 4.70. The molecule has 5 rings (SSSR count). The molecule has 10 nitrogen and oxygen atoms in total. The molecule has 0 aromatic carbocycles. The minimum atomic E-state index is -0.197. The van der Waals surface area contributed by atoms with E-state index in [1.807, 2.05) is 6.92 Å². The van der Waals surface area contributed by atoms with E-state index in [9.17, 15) is 4.79 Å². The third-order valence-electron chi connectivity index (χ3n) is 6.82. The average Bonchev–Trinajstić information content (AvgIpc) is 3.33. The van der Waals surface area contributed by atoms with E-state index in [-0.39, 0.29) is 23.1 Å². The Morgan fingerprint density at radius 2 is 2.09 bits per heavy atom. The van der Waals surface area contributed by atoms with Gasteiger partial charge in [0.1, 0.15) is 16.9 Å². The Balaban J connectivity index is 1.45. The zero-order valence-electron chi connectivity index (χ0n) is 18.1. The molecule has 3 aromatic heterocycles. The van der Waals surface area contributed by atoms with Gasteiger partial charge in [-0.05, 0) is 37.8 Å². The molecule has 2 aliphatic rings. The number of nitrogens with two attached hydrogens (primary N) is 2. The van der Waals surface area contributed by atoms with Gasteiger partial charge in [-0.25, -0.2) is 4.98 Å². The predicted octanol–water partition coefficient (Wildman–Crippen LogP) is 0.366. The number of aromatic nitrogens is 5. The molecule has 10 heteroatoms. The first-order chi connectivity index (χ1) is 15.4. The molecule has 2 atom stereocenters. The molecule has 0 unspecified atom stereocenters. The molecule has 5 N–H and O–H groups in total. The highest BCUT2D eigenvalue weighted by Crippen LogP contribution is 2.41. The van der Waals surface area contributed by atoms with Crippen molar-refractivity contribution in [3.63, 3.8) is 0 Å². The van der Waals surface area contributed by atoms with E-state index in [2.05, 4.69) is 36.9 Å². The Hall–Kier alpha value is -3.42. The van der Waals surface area contributed by atoms with Gasteiger partial charge in [-0.3, -0.25) is 14.5 Å². The monoisotopic (exact) mass is 434 g/mol. The molecule has 5 heterocycles.